The number of nitrogens with zero attached hydrogens (tertiary/aromatic N) is 2. The number of aryl methyl sites for hydroxylation is 3. The molecule has 168 valence electrons. The molecule has 6 heteroatoms. The van der Waals surface area contributed by atoms with Crippen LogP contribution in [-0.2, 0) is 4.79 Å². The summed E-state index contributed by atoms with van der Waals surface area (Å²) in [5, 5.41) is 3.08. The van der Waals surface area contributed by atoms with Crippen molar-refractivity contribution >= 4 is 11.9 Å². The summed E-state index contributed by atoms with van der Waals surface area (Å²) < 4.78 is 0. The van der Waals surface area contributed by atoms with Crippen molar-refractivity contribution in [3.63, 3.8) is 0 Å². The molecule has 0 spiro atoms. The molecule has 3 aliphatic rings. The van der Waals surface area contributed by atoms with Crippen LogP contribution in [0.3, 0.4) is 0 Å². The molecular weight excluding hydrogens is 388 g/mol. The van der Waals surface area contributed by atoms with Crippen LogP contribution in [0.4, 0.5) is 4.79 Å². The van der Waals surface area contributed by atoms with E-state index < -0.39 is 0 Å². The van der Waals surface area contributed by atoms with E-state index in [1.165, 1.54) is 36.9 Å². The van der Waals surface area contributed by atoms with E-state index in [0.29, 0.717) is 6.54 Å². The van der Waals surface area contributed by atoms with E-state index in [4.69, 9.17) is 0 Å². The number of amides is 3. The number of hydrogen-bond acceptors (Lipinski definition) is 2. The highest BCUT2D eigenvalue weighted by atomic mass is 16.2. The lowest BCUT2D eigenvalue weighted by atomic mass is 9.90. The quantitative estimate of drug-likeness (QED) is 0.760. The van der Waals surface area contributed by atoms with Gasteiger partial charge in [-0.3, -0.25) is 9.69 Å². The Hall–Kier alpha value is -2.34. The number of nitrogens with one attached hydrogen (secondary N) is 2. The summed E-state index contributed by atoms with van der Waals surface area (Å²) >= 11 is 0. The smallest absolute Gasteiger partial charge is 0.322 e. The van der Waals surface area contributed by atoms with Crippen LogP contribution in [0, 0.1) is 20.8 Å². The second-order valence-corrected chi connectivity index (χ2v) is 9.73. The van der Waals surface area contributed by atoms with Gasteiger partial charge in [0.1, 0.15) is 0 Å². The number of likely N-dealkylation sites (tertiary alicyclic amines) is 1. The first kappa shape index (κ1) is 21.9. The summed E-state index contributed by atoms with van der Waals surface area (Å²) in [6.07, 6.45) is 4.97. The Bertz CT molecular complexity index is 922. The molecule has 1 fully saturated rings. The Labute approximate surface area is 186 Å². The molecule has 3 atom stereocenters. The standard InChI is InChI=1S/C25H36N4O2/c1-16-13-18(3)20(14-17(16)2)23-22-21(27(5)25(31)26-23)15-29(24(22)30)12-8-11-28-10-7-6-9-19(28)4/h13-14,19,23H,6-12,15H2,1-5H3,(H,26,31)/p+1/t19-,23+/m0/s1. The van der Waals surface area contributed by atoms with Crippen molar-refractivity contribution in [1.82, 2.24) is 15.1 Å². The van der Waals surface area contributed by atoms with Gasteiger partial charge in [0, 0.05) is 20.0 Å². The minimum atomic E-state index is -0.372. The van der Waals surface area contributed by atoms with Gasteiger partial charge in [-0.25, -0.2) is 4.79 Å². The van der Waals surface area contributed by atoms with E-state index in [2.05, 4.69) is 45.1 Å². The van der Waals surface area contributed by atoms with Crippen molar-refractivity contribution in [3.8, 4) is 0 Å². The van der Waals surface area contributed by atoms with Gasteiger partial charge in [-0.05, 0) is 69.2 Å². The van der Waals surface area contributed by atoms with Crippen LogP contribution < -0.4 is 10.2 Å². The Morgan fingerprint density at radius 1 is 1.10 bits per heavy atom. The first-order valence-corrected chi connectivity index (χ1v) is 11.8. The minimum absolute atomic E-state index is 0.0752. The van der Waals surface area contributed by atoms with Crippen molar-refractivity contribution < 1.29 is 14.5 Å². The van der Waals surface area contributed by atoms with Gasteiger partial charge < -0.3 is 15.1 Å². The van der Waals surface area contributed by atoms with Crippen molar-refractivity contribution in [1.29, 1.82) is 0 Å². The van der Waals surface area contributed by atoms with Crippen molar-refractivity contribution in [2.75, 3.05) is 33.2 Å². The molecule has 3 heterocycles. The lowest BCUT2D eigenvalue weighted by Crippen LogP contribution is -3.16. The minimum Gasteiger partial charge on any atom is -0.333 e. The van der Waals surface area contributed by atoms with Crippen LogP contribution in [0.5, 0.6) is 0 Å². The van der Waals surface area contributed by atoms with Crippen LogP contribution in [0.25, 0.3) is 0 Å². The molecule has 1 aromatic rings. The third-order valence-corrected chi connectivity index (χ3v) is 7.64. The van der Waals surface area contributed by atoms with Crippen molar-refractivity contribution in [2.24, 2.45) is 0 Å². The fourth-order valence-corrected chi connectivity index (χ4v) is 5.45. The summed E-state index contributed by atoms with van der Waals surface area (Å²) in [5.74, 6) is 0.0752. The average molecular weight is 426 g/mol. The van der Waals surface area contributed by atoms with Gasteiger partial charge in [0.15, 0.2) is 0 Å². The molecule has 2 N–H and O–H groups in total. The molecule has 1 aromatic carbocycles. The predicted molar refractivity (Wildman–Crippen MR) is 122 cm³/mol. The molecule has 4 rings (SSSR count). The molecule has 31 heavy (non-hydrogen) atoms. The molecule has 3 aliphatic heterocycles. The maximum absolute atomic E-state index is 13.5. The lowest BCUT2D eigenvalue weighted by Gasteiger charge is -2.32. The average Bonchev–Trinajstić information content (AvgIpc) is 3.06. The number of rotatable bonds is 5. The molecule has 0 radical (unpaired) electrons. The van der Waals surface area contributed by atoms with Crippen molar-refractivity contribution in [2.45, 2.75) is 65.5 Å². The maximum Gasteiger partial charge on any atom is 0.322 e. The zero-order valence-corrected chi connectivity index (χ0v) is 19.7. The van der Waals surface area contributed by atoms with E-state index in [0.717, 1.165) is 47.9 Å². The summed E-state index contributed by atoms with van der Waals surface area (Å²) in [6.45, 7) is 12.2. The molecule has 0 bridgehead atoms. The van der Waals surface area contributed by atoms with E-state index in [-0.39, 0.29) is 18.0 Å². The fraction of sp³-hybridized carbons (Fsp3) is 0.600. The van der Waals surface area contributed by atoms with E-state index in [1.807, 2.05) is 4.90 Å². The molecular formula is C25H37N4O2+. The van der Waals surface area contributed by atoms with Crippen molar-refractivity contribution in [3.05, 3.63) is 45.7 Å². The first-order chi connectivity index (χ1) is 14.8. The van der Waals surface area contributed by atoms with Gasteiger partial charge >= 0.3 is 6.03 Å². The molecule has 6 nitrogen and oxygen atoms in total. The van der Waals surface area contributed by atoms with Crippen LogP contribution in [0.15, 0.2) is 23.4 Å². The Morgan fingerprint density at radius 3 is 2.58 bits per heavy atom. The van der Waals surface area contributed by atoms with E-state index in [1.54, 1.807) is 16.8 Å². The molecule has 1 saturated heterocycles. The number of carbonyl (C=O) groups is 2. The highest BCUT2D eigenvalue weighted by Gasteiger charge is 2.43. The number of quaternary nitrogens is 1. The highest BCUT2D eigenvalue weighted by Crippen LogP contribution is 2.37. The number of likely N-dealkylation sites (N-methyl/N-ethyl adjacent to an activating group) is 1. The summed E-state index contributed by atoms with van der Waals surface area (Å²) in [6, 6.07) is 4.49. The molecule has 0 saturated carbocycles. The van der Waals surface area contributed by atoms with Gasteiger partial charge in [-0.15, -0.1) is 0 Å². The SMILES string of the molecule is Cc1cc(C)c([C@H]2NC(=O)N(C)C3=C2C(=O)N(CCC[NH+]2CCCC[C@@H]2C)C3)cc1C. The Balaban J connectivity index is 1.52. The van der Waals surface area contributed by atoms with E-state index >= 15 is 0 Å². The van der Waals surface area contributed by atoms with E-state index in [9.17, 15) is 9.59 Å². The molecule has 3 amide bonds. The fourth-order valence-electron chi connectivity index (χ4n) is 5.45. The predicted octanol–water partition coefficient (Wildman–Crippen LogP) is 2.25. The largest absolute Gasteiger partial charge is 0.333 e. The lowest BCUT2D eigenvalue weighted by molar-refractivity contribution is -0.928. The summed E-state index contributed by atoms with van der Waals surface area (Å²) in [5.41, 5.74) is 6.14. The third kappa shape index (κ3) is 4.10. The summed E-state index contributed by atoms with van der Waals surface area (Å²) in [4.78, 5) is 31.4. The monoisotopic (exact) mass is 425 g/mol. The van der Waals surface area contributed by atoms with Gasteiger partial charge in [-0.2, -0.15) is 0 Å². The van der Waals surface area contributed by atoms with Crippen LogP contribution in [0.1, 0.15) is 60.9 Å². The topological polar surface area (TPSA) is 57.1 Å². The zero-order valence-electron chi connectivity index (χ0n) is 19.7. The first-order valence-electron chi connectivity index (χ1n) is 11.8. The molecule has 0 aliphatic carbocycles. The number of benzene rings is 1. The highest BCUT2D eigenvalue weighted by molar-refractivity contribution is 6.01. The Morgan fingerprint density at radius 2 is 1.84 bits per heavy atom. The molecule has 1 unspecified atom stereocenters. The number of carbonyl (C=O) groups excluding carboxylic acids is 2. The van der Waals surface area contributed by atoms with Gasteiger partial charge in [0.05, 0.1) is 43.0 Å². The van der Waals surface area contributed by atoms with Crippen LogP contribution >= 0.6 is 0 Å². The number of piperidine rings is 1. The van der Waals surface area contributed by atoms with Gasteiger partial charge in [0.2, 0.25) is 0 Å². The van der Waals surface area contributed by atoms with Crippen LogP contribution in [-0.4, -0.2) is 61.0 Å². The zero-order chi connectivity index (χ0) is 22.3. The van der Waals surface area contributed by atoms with Gasteiger partial charge in [0.25, 0.3) is 5.91 Å². The number of urea groups is 1. The Kier molecular flexibility index (Phi) is 6.11. The van der Waals surface area contributed by atoms with Crippen LogP contribution in [0.2, 0.25) is 0 Å². The normalized spacial score (nSPS) is 26.4. The maximum atomic E-state index is 13.5. The van der Waals surface area contributed by atoms with Gasteiger partial charge in [-0.1, -0.05) is 12.1 Å². The second-order valence-electron chi connectivity index (χ2n) is 9.73. The summed E-state index contributed by atoms with van der Waals surface area (Å²) in [7, 11) is 1.77. The third-order valence-electron chi connectivity index (χ3n) is 7.64. The molecule has 0 aromatic heterocycles. The second kappa shape index (κ2) is 8.65. The number of hydrogen-bond donors (Lipinski definition) is 2.